The maximum absolute atomic E-state index is 5.21. The molecule has 0 aliphatic heterocycles. The molecule has 6 N–H and O–H groups in total. The van der Waals surface area contributed by atoms with Gasteiger partial charge in [0.15, 0.2) is 6.21 Å². The molecule has 46 valence electrons. The van der Waals surface area contributed by atoms with E-state index in [4.69, 9.17) is 16.9 Å². The minimum atomic E-state index is 0.594. The summed E-state index contributed by atoms with van der Waals surface area (Å²) in [5.74, 6) is 0. The summed E-state index contributed by atoms with van der Waals surface area (Å²) < 4.78 is 0. The summed E-state index contributed by atoms with van der Waals surface area (Å²) in [5.41, 5.74) is 11.2. The maximum Gasteiger partial charge on any atom is 0.164 e. The average molecular weight is 114 g/mol. The lowest BCUT2D eigenvalue weighted by Gasteiger charge is -1.89. The van der Waals surface area contributed by atoms with Crippen molar-refractivity contribution >= 4 is 6.21 Å². The standard InChI is InChI=1S/C5H11N3/c6-2-1-5(3-7)4-8/h3-4,7H,1-2,6,8H2/p+1/b5-4-,7-3?. The zero-order chi connectivity index (χ0) is 6.41. The van der Waals surface area contributed by atoms with E-state index in [2.05, 4.69) is 0 Å². The van der Waals surface area contributed by atoms with Gasteiger partial charge < -0.3 is 11.5 Å². The van der Waals surface area contributed by atoms with Crippen LogP contribution >= 0.6 is 0 Å². The van der Waals surface area contributed by atoms with Gasteiger partial charge in [-0.3, -0.25) is 5.41 Å². The molecule has 0 atom stereocenters. The van der Waals surface area contributed by atoms with Crippen LogP contribution in [0.5, 0.6) is 0 Å². The monoisotopic (exact) mass is 114 g/mol. The van der Waals surface area contributed by atoms with Crippen LogP contribution in [0.3, 0.4) is 0 Å². The number of hydrogen-bond acceptors (Lipinski definition) is 2. The summed E-state index contributed by atoms with van der Waals surface area (Å²) in [6.07, 6.45) is 3.69. The van der Waals surface area contributed by atoms with Crippen molar-refractivity contribution in [1.82, 2.24) is 0 Å². The summed E-state index contributed by atoms with van der Waals surface area (Å²) in [7, 11) is 0. The van der Waals surface area contributed by atoms with Crippen LogP contribution in [0.1, 0.15) is 6.42 Å². The topological polar surface area (TPSA) is 77.6 Å². The van der Waals surface area contributed by atoms with Gasteiger partial charge in [0.25, 0.3) is 0 Å². The van der Waals surface area contributed by atoms with Crippen molar-refractivity contribution in [1.29, 1.82) is 0 Å². The molecule has 0 aliphatic rings. The quantitative estimate of drug-likeness (QED) is 0.371. The van der Waals surface area contributed by atoms with Crippen molar-refractivity contribution in [3.8, 4) is 0 Å². The molecular formula is C5H12N3+. The second-order valence-electron chi connectivity index (χ2n) is 1.45. The van der Waals surface area contributed by atoms with Crippen LogP contribution in [-0.4, -0.2) is 12.8 Å². The maximum atomic E-state index is 5.21. The largest absolute Gasteiger partial charge is 0.404 e. The fourth-order valence-electron chi connectivity index (χ4n) is 0.389. The molecule has 0 aromatic carbocycles. The van der Waals surface area contributed by atoms with E-state index in [1.807, 2.05) is 0 Å². The SMILES string of the molecule is N/C=C(\C=[NH2+])CCN. The van der Waals surface area contributed by atoms with Gasteiger partial charge in [-0.15, -0.1) is 0 Å². The first-order valence-electron chi connectivity index (χ1n) is 2.51. The van der Waals surface area contributed by atoms with Crippen molar-refractivity contribution in [3.05, 3.63) is 11.8 Å². The molecule has 0 heterocycles. The van der Waals surface area contributed by atoms with Gasteiger partial charge in [0.05, 0.1) is 0 Å². The van der Waals surface area contributed by atoms with Gasteiger partial charge in [-0.1, -0.05) is 0 Å². The Kier molecular flexibility index (Phi) is 3.88. The Morgan fingerprint density at radius 1 is 1.62 bits per heavy atom. The first-order valence-corrected chi connectivity index (χ1v) is 2.51. The van der Waals surface area contributed by atoms with Crippen molar-refractivity contribution in [3.63, 3.8) is 0 Å². The van der Waals surface area contributed by atoms with Gasteiger partial charge in [0.2, 0.25) is 0 Å². The van der Waals surface area contributed by atoms with Gasteiger partial charge in [0, 0.05) is 11.8 Å². The summed E-state index contributed by atoms with van der Waals surface area (Å²) in [5, 5.41) is 5.14. The smallest absolute Gasteiger partial charge is 0.164 e. The van der Waals surface area contributed by atoms with Crippen molar-refractivity contribution < 1.29 is 5.41 Å². The van der Waals surface area contributed by atoms with E-state index in [1.54, 1.807) is 0 Å². The Morgan fingerprint density at radius 3 is 2.38 bits per heavy atom. The average Bonchev–Trinajstić information content (AvgIpc) is 1.83. The van der Waals surface area contributed by atoms with Crippen LogP contribution in [0.25, 0.3) is 0 Å². The van der Waals surface area contributed by atoms with E-state index in [9.17, 15) is 0 Å². The lowest BCUT2D eigenvalue weighted by Crippen LogP contribution is -2.31. The van der Waals surface area contributed by atoms with E-state index in [1.165, 1.54) is 12.4 Å². The van der Waals surface area contributed by atoms with Crippen molar-refractivity contribution in [2.45, 2.75) is 6.42 Å². The summed E-state index contributed by atoms with van der Waals surface area (Å²) in [4.78, 5) is 0. The Balaban J connectivity index is 3.54. The fraction of sp³-hybridized carbons (Fsp3) is 0.400. The molecule has 0 aromatic heterocycles. The highest BCUT2D eigenvalue weighted by atomic mass is 14.5. The van der Waals surface area contributed by atoms with Crippen LogP contribution < -0.4 is 16.9 Å². The molecule has 8 heavy (non-hydrogen) atoms. The van der Waals surface area contributed by atoms with Crippen LogP contribution in [0.15, 0.2) is 11.8 Å². The first kappa shape index (κ1) is 7.17. The molecule has 0 fully saturated rings. The molecule has 0 saturated carbocycles. The Hall–Kier alpha value is -0.830. The van der Waals surface area contributed by atoms with Crippen molar-refractivity contribution in [2.75, 3.05) is 6.54 Å². The van der Waals surface area contributed by atoms with Gasteiger partial charge >= 0.3 is 0 Å². The molecule has 0 unspecified atom stereocenters. The predicted octanol–water partition coefficient (Wildman–Crippen LogP) is -1.99. The molecule has 0 spiro atoms. The van der Waals surface area contributed by atoms with E-state index in [-0.39, 0.29) is 0 Å². The number of hydrogen-bond donors (Lipinski definition) is 3. The fourth-order valence-corrected chi connectivity index (χ4v) is 0.389. The van der Waals surface area contributed by atoms with Crippen LogP contribution in [0, 0.1) is 0 Å². The zero-order valence-corrected chi connectivity index (χ0v) is 4.80. The predicted molar refractivity (Wildman–Crippen MR) is 33.9 cm³/mol. The molecule has 0 aliphatic carbocycles. The van der Waals surface area contributed by atoms with E-state index >= 15 is 0 Å². The minimum Gasteiger partial charge on any atom is -0.404 e. The van der Waals surface area contributed by atoms with E-state index < -0.39 is 0 Å². The van der Waals surface area contributed by atoms with Crippen LogP contribution in [-0.2, 0) is 0 Å². The number of nitrogens with two attached hydrogens (primary N) is 3. The van der Waals surface area contributed by atoms with Crippen LogP contribution in [0.4, 0.5) is 0 Å². The normalized spacial score (nSPS) is 11.4. The zero-order valence-electron chi connectivity index (χ0n) is 4.80. The summed E-state index contributed by atoms with van der Waals surface area (Å²) in [6, 6.07) is 0. The highest BCUT2D eigenvalue weighted by Gasteiger charge is 1.89. The van der Waals surface area contributed by atoms with E-state index in [0.29, 0.717) is 6.54 Å². The van der Waals surface area contributed by atoms with Gasteiger partial charge in [0.1, 0.15) is 0 Å². The molecule has 0 radical (unpaired) electrons. The molecule has 0 rings (SSSR count). The number of rotatable bonds is 3. The Morgan fingerprint density at radius 2 is 2.25 bits per heavy atom. The molecule has 3 heteroatoms. The van der Waals surface area contributed by atoms with Crippen molar-refractivity contribution in [2.24, 2.45) is 11.5 Å². The highest BCUT2D eigenvalue weighted by molar-refractivity contribution is 5.72. The molecule has 0 amide bonds. The van der Waals surface area contributed by atoms with Gasteiger partial charge in [-0.2, -0.15) is 0 Å². The molecule has 0 bridgehead atoms. The lowest BCUT2D eigenvalue weighted by atomic mass is 10.2. The Bertz CT molecular complexity index is 95.8. The highest BCUT2D eigenvalue weighted by Crippen LogP contribution is 1.88. The third kappa shape index (κ3) is 2.36. The lowest BCUT2D eigenvalue weighted by molar-refractivity contribution is -0.105. The third-order valence-corrected chi connectivity index (χ3v) is 0.861. The van der Waals surface area contributed by atoms with Crippen LogP contribution in [0.2, 0.25) is 0 Å². The van der Waals surface area contributed by atoms with Gasteiger partial charge in [-0.25, -0.2) is 0 Å². The second-order valence-corrected chi connectivity index (χ2v) is 1.45. The molecule has 0 aromatic rings. The van der Waals surface area contributed by atoms with E-state index in [0.717, 1.165) is 12.0 Å². The molecular weight excluding hydrogens is 102 g/mol. The first-order chi connectivity index (χ1) is 3.85. The third-order valence-electron chi connectivity index (χ3n) is 0.861. The minimum absolute atomic E-state index is 0.594. The van der Waals surface area contributed by atoms with Gasteiger partial charge in [-0.05, 0) is 13.0 Å². The molecule has 3 nitrogen and oxygen atoms in total. The summed E-state index contributed by atoms with van der Waals surface area (Å²) in [6.45, 7) is 0.594. The Labute approximate surface area is 48.9 Å². The second kappa shape index (κ2) is 4.33. The summed E-state index contributed by atoms with van der Waals surface area (Å²) >= 11 is 0. The molecule has 0 saturated heterocycles.